The second-order valence-electron chi connectivity index (χ2n) is 5.19. The fraction of sp³-hybridized carbons (Fsp3) is 0.467. The summed E-state index contributed by atoms with van der Waals surface area (Å²) in [6.45, 7) is 2.30. The third-order valence-corrected chi connectivity index (χ3v) is 3.60. The molecule has 0 aromatic heterocycles. The highest BCUT2D eigenvalue weighted by atomic mass is 16.4. The van der Waals surface area contributed by atoms with Crippen molar-refractivity contribution in [1.29, 1.82) is 0 Å². The molecule has 0 radical (unpaired) electrons. The van der Waals surface area contributed by atoms with Crippen LogP contribution in [0.3, 0.4) is 0 Å². The van der Waals surface area contributed by atoms with Crippen molar-refractivity contribution in [3.8, 4) is 5.75 Å². The highest BCUT2D eigenvalue weighted by Gasteiger charge is 2.20. The van der Waals surface area contributed by atoms with Gasteiger partial charge in [0.15, 0.2) is 0 Å². The van der Waals surface area contributed by atoms with Crippen molar-refractivity contribution in [2.75, 3.05) is 31.1 Å². The Kier molecular flexibility index (Phi) is 5.16. The summed E-state index contributed by atoms with van der Waals surface area (Å²) in [6, 6.07) is 5.98. The SMILES string of the molecule is O=C(O)CN(C(=O)CCN1CCCC1)c1ccc(O)cc1. The zero-order valence-corrected chi connectivity index (χ0v) is 11.9. The quantitative estimate of drug-likeness (QED) is 0.826. The number of rotatable bonds is 6. The summed E-state index contributed by atoms with van der Waals surface area (Å²) in [4.78, 5) is 26.7. The number of benzene rings is 1. The second kappa shape index (κ2) is 7.08. The molecule has 1 saturated heterocycles. The molecular formula is C15H20N2O4. The lowest BCUT2D eigenvalue weighted by atomic mass is 10.2. The molecule has 1 heterocycles. The number of carboxylic acids is 1. The number of phenols is 1. The van der Waals surface area contributed by atoms with Gasteiger partial charge >= 0.3 is 5.97 Å². The van der Waals surface area contributed by atoms with Gasteiger partial charge in [0.2, 0.25) is 5.91 Å². The number of amides is 1. The Bertz CT molecular complexity index is 495. The average molecular weight is 292 g/mol. The van der Waals surface area contributed by atoms with Gasteiger partial charge in [0, 0.05) is 18.7 Å². The number of nitrogens with zero attached hydrogens (tertiary/aromatic N) is 2. The van der Waals surface area contributed by atoms with Crippen LogP contribution >= 0.6 is 0 Å². The fourth-order valence-electron chi connectivity index (χ4n) is 2.49. The lowest BCUT2D eigenvalue weighted by Crippen LogP contribution is -2.37. The number of aliphatic carboxylic acids is 1. The number of carbonyl (C=O) groups is 2. The minimum atomic E-state index is -1.06. The second-order valence-corrected chi connectivity index (χ2v) is 5.19. The summed E-state index contributed by atoms with van der Waals surface area (Å²) in [7, 11) is 0. The van der Waals surface area contributed by atoms with E-state index in [9.17, 15) is 14.7 Å². The van der Waals surface area contributed by atoms with Gasteiger partial charge in [-0.15, -0.1) is 0 Å². The van der Waals surface area contributed by atoms with E-state index < -0.39 is 5.97 Å². The first-order valence-corrected chi connectivity index (χ1v) is 7.10. The first-order chi connectivity index (χ1) is 10.1. The fourth-order valence-corrected chi connectivity index (χ4v) is 2.49. The molecule has 0 spiro atoms. The first-order valence-electron chi connectivity index (χ1n) is 7.10. The third kappa shape index (κ3) is 4.46. The summed E-state index contributed by atoms with van der Waals surface area (Å²) in [5, 5.41) is 18.3. The Balaban J connectivity index is 2.01. The minimum Gasteiger partial charge on any atom is -0.508 e. The Morgan fingerprint density at radius 3 is 2.33 bits per heavy atom. The van der Waals surface area contributed by atoms with Crippen LogP contribution in [0, 0.1) is 0 Å². The predicted molar refractivity (Wildman–Crippen MR) is 78.4 cm³/mol. The van der Waals surface area contributed by atoms with Crippen molar-refractivity contribution >= 4 is 17.6 Å². The summed E-state index contributed by atoms with van der Waals surface area (Å²) >= 11 is 0. The van der Waals surface area contributed by atoms with Crippen molar-refractivity contribution in [2.24, 2.45) is 0 Å². The number of likely N-dealkylation sites (tertiary alicyclic amines) is 1. The molecule has 0 saturated carbocycles. The van der Waals surface area contributed by atoms with E-state index in [1.54, 1.807) is 12.1 Å². The Hall–Kier alpha value is -2.08. The van der Waals surface area contributed by atoms with E-state index in [0.717, 1.165) is 25.9 Å². The predicted octanol–water partition coefficient (Wildman–Crippen LogP) is 1.30. The zero-order valence-electron chi connectivity index (χ0n) is 11.9. The molecule has 6 heteroatoms. The Morgan fingerprint density at radius 1 is 1.14 bits per heavy atom. The molecule has 0 aliphatic carbocycles. The van der Waals surface area contributed by atoms with Gasteiger partial charge in [-0.2, -0.15) is 0 Å². The number of hydrogen-bond donors (Lipinski definition) is 2. The lowest BCUT2D eigenvalue weighted by Gasteiger charge is -2.22. The van der Waals surface area contributed by atoms with Crippen molar-refractivity contribution in [3.63, 3.8) is 0 Å². The van der Waals surface area contributed by atoms with Crippen LogP contribution in [0.2, 0.25) is 0 Å². The van der Waals surface area contributed by atoms with Crippen LogP contribution in [0.25, 0.3) is 0 Å². The van der Waals surface area contributed by atoms with E-state index in [-0.39, 0.29) is 18.2 Å². The molecule has 2 N–H and O–H groups in total. The summed E-state index contributed by atoms with van der Waals surface area (Å²) < 4.78 is 0. The van der Waals surface area contributed by atoms with Crippen LogP contribution in [0.1, 0.15) is 19.3 Å². The van der Waals surface area contributed by atoms with E-state index in [2.05, 4.69) is 4.90 Å². The molecule has 2 rings (SSSR count). The van der Waals surface area contributed by atoms with E-state index in [1.165, 1.54) is 17.0 Å². The van der Waals surface area contributed by atoms with E-state index in [0.29, 0.717) is 18.7 Å². The highest BCUT2D eigenvalue weighted by Crippen LogP contribution is 2.19. The highest BCUT2D eigenvalue weighted by molar-refractivity contribution is 5.97. The van der Waals surface area contributed by atoms with Gasteiger partial charge in [-0.1, -0.05) is 0 Å². The monoisotopic (exact) mass is 292 g/mol. The van der Waals surface area contributed by atoms with Crippen LogP contribution in [0.15, 0.2) is 24.3 Å². The van der Waals surface area contributed by atoms with Gasteiger partial charge in [-0.3, -0.25) is 9.59 Å². The van der Waals surface area contributed by atoms with Gasteiger partial charge in [0.25, 0.3) is 0 Å². The molecule has 0 unspecified atom stereocenters. The zero-order chi connectivity index (χ0) is 15.2. The summed E-state index contributed by atoms with van der Waals surface area (Å²) in [5.41, 5.74) is 0.488. The normalized spacial score (nSPS) is 15.0. The van der Waals surface area contributed by atoms with Crippen molar-refractivity contribution in [1.82, 2.24) is 4.90 Å². The third-order valence-electron chi connectivity index (χ3n) is 3.60. The van der Waals surface area contributed by atoms with Crippen LogP contribution < -0.4 is 4.90 Å². The number of phenolic OH excluding ortho intramolecular Hbond substituents is 1. The van der Waals surface area contributed by atoms with Crippen molar-refractivity contribution in [3.05, 3.63) is 24.3 Å². The summed E-state index contributed by atoms with van der Waals surface area (Å²) in [6.07, 6.45) is 2.62. The number of anilines is 1. The van der Waals surface area contributed by atoms with E-state index in [1.807, 2.05) is 0 Å². The number of carbonyl (C=O) groups excluding carboxylic acids is 1. The van der Waals surface area contributed by atoms with Gasteiger partial charge in [-0.05, 0) is 50.2 Å². The molecule has 0 atom stereocenters. The standard InChI is InChI=1S/C15H20N2O4/c18-13-5-3-12(4-6-13)17(11-15(20)21)14(19)7-10-16-8-1-2-9-16/h3-6,18H,1-2,7-11H2,(H,20,21). The molecule has 1 fully saturated rings. The largest absolute Gasteiger partial charge is 0.508 e. The maximum absolute atomic E-state index is 12.3. The van der Waals surface area contributed by atoms with Crippen LogP contribution in [0.5, 0.6) is 5.75 Å². The number of carboxylic acid groups (broad SMARTS) is 1. The number of hydrogen-bond acceptors (Lipinski definition) is 4. The van der Waals surface area contributed by atoms with Crippen LogP contribution in [0.4, 0.5) is 5.69 Å². The molecule has 1 aliphatic heterocycles. The van der Waals surface area contributed by atoms with Crippen molar-refractivity contribution < 1.29 is 19.8 Å². The Morgan fingerprint density at radius 2 is 1.76 bits per heavy atom. The molecular weight excluding hydrogens is 272 g/mol. The molecule has 114 valence electrons. The summed E-state index contributed by atoms with van der Waals surface area (Å²) in [5.74, 6) is -1.19. The van der Waals surface area contributed by atoms with Gasteiger partial charge in [0.05, 0.1) is 0 Å². The number of aromatic hydroxyl groups is 1. The molecule has 1 aromatic rings. The molecule has 0 bridgehead atoms. The van der Waals surface area contributed by atoms with E-state index >= 15 is 0 Å². The van der Waals surface area contributed by atoms with Crippen LogP contribution in [-0.4, -0.2) is 53.2 Å². The molecule has 6 nitrogen and oxygen atoms in total. The smallest absolute Gasteiger partial charge is 0.323 e. The first kappa shape index (κ1) is 15.3. The maximum atomic E-state index is 12.3. The van der Waals surface area contributed by atoms with Crippen molar-refractivity contribution in [2.45, 2.75) is 19.3 Å². The Labute approximate surface area is 123 Å². The average Bonchev–Trinajstić information content (AvgIpc) is 2.96. The van der Waals surface area contributed by atoms with Crippen LogP contribution in [-0.2, 0) is 9.59 Å². The van der Waals surface area contributed by atoms with E-state index in [4.69, 9.17) is 5.11 Å². The molecule has 21 heavy (non-hydrogen) atoms. The molecule has 1 aromatic carbocycles. The molecule has 1 aliphatic rings. The topological polar surface area (TPSA) is 81.1 Å². The lowest BCUT2D eigenvalue weighted by molar-refractivity contribution is -0.136. The van der Waals surface area contributed by atoms with Gasteiger partial charge < -0.3 is 20.0 Å². The minimum absolute atomic E-state index is 0.0820. The van der Waals surface area contributed by atoms with Gasteiger partial charge in [0.1, 0.15) is 12.3 Å². The molecule has 1 amide bonds. The van der Waals surface area contributed by atoms with Gasteiger partial charge in [-0.25, -0.2) is 0 Å². The maximum Gasteiger partial charge on any atom is 0.323 e.